The molecule has 3 aromatic rings. The van der Waals surface area contributed by atoms with Gasteiger partial charge in [-0.2, -0.15) is 13.2 Å². The number of carbonyl (C=O) groups is 6. The van der Waals surface area contributed by atoms with Crippen molar-refractivity contribution in [1.82, 2.24) is 20.9 Å². The first kappa shape index (κ1) is 44.2. The summed E-state index contributed by atoms with van der Waals surface area (Å²) in [4.78, 5) is 78.9. The third-order valence-corrected chi connectivity index (χ3v) is 8.37. The minimum atomic E-state index is -5.08. The number of carboxylic acids is 1. The highest BCUT2D eigenvalue weighted by Gasteiger charge is 2.43. The van der Waals surface area contributed by atoms with Gasteiger partial charge in [0, 0.05) is 39.3 Å². The number of aliphatic imine (C=N–C) groups is 1. The van der Waals surface area contributed by atoms with E-state index >= 15 is 0 Å². The van der Waals surface area contributed by atoms with Crippen molar-refractivity contribution < 1.29 is 51.8 Å². The maximum Gasteiger partial charge on any atom is 0.490 e. The van der Waals surface area contributed by atoms with Crippen LogP contribution in [0.4, 0.5) is 13.2 Å². The van der Waals surface area contributed by atoms with Crippen molar-refractivity contribution >= 4 is 52.2 Å². The molecular weight excluding hydrogens is 741 g/mol. The molecule has 0 unspecified atom stereocenters. The molecule has 302 valence electrons. The molecular formula is C37H45F3N8O8. The zero-order valence-electron chi connectivity index (χ0n) is 30.5. The van der Waals surface area contributed by atoms with Crippen molar-refractivity contribution in [2.75, 3.05) is 19.6 Å². The van der Waals surface area contributed by atoms with Gasteiger partial charge in [-0.15, -0.1) is 0 Å². The lowest BCUT2D eigenvalue weighted by Crippen LogP contribution is -2.57. The number of amides is 5. The number of rotatable bonds is 16. The Balaban J connectivity index is 0.00000109. The number of carboxylic acid groups (broad SMARTS) is 1. The first-order chi connectivity index (χ1) is 26.4. The van der Waals surface area contributed by atoms with Crippen molar-refractivity contribution in [3.05, 3.63) is 83.9 Å². The van der Waals surface area contributed by atoms with Crippen LogP contribution in [-0.2, 0) is 46.5 Å². The van der Waals surface area contributed by atoms with E-state index in [9.17, 15) is 37.1 Å². The number of halogens is 3. The Labute approximate surface area is 320 Å². The molecule has 1 aliphatic heterocycles. The minimum absolute atomic E-state index is 0.0534. The standard InChI is InChI=1S/C35H44N8O6.C2HF3O2/c1-22(44)41-28(13-14-31(36)45)32(46)42-29(18-23-7-3-2-4-8-23)34(48)43-20-27(19-30(43)33(47)39-15-16-40-35(37)38)49-21-24-11-12-25-9-5-6-10-26(25)17-24;3-2(4,5)1(6)7/h2-12,17,27-30H,13-16,18-21H2,1H3,(H2,36,45)(H,39,47)(H,41,44)(H,42,46)(H4,37,38,40);(H,6,7)/t27-,28-,29-,30-;/m1./s1. The average Bonchev–Trinajstić information content (AvgIpc) is 3.58. The number of nitrogens with one attached hydrogen (secondary N) is 3. The van der Waals surface area contributed by atoms with E-state index in [0.717, 1.165) is 21.9 Å². The smallest absolute Gasteiger partial charge is 0.475 e. The number of hydrogen-bond donors (Lipinski definition) is 7. The summed E-state index contributed by atoms with van der Waals surface area (Å²) in [5.74, 6) is -5.57. The normalized spacial score (nSPS) is 16.0. The lowest BCUT2D eigenvalue weighted by Gasteiger charge is -2.29. The van der Waals surface area contributed by atoms with Gasteiger partial charge in [0.25, 0.3) is 0 Å². The van der Waals surface area contributed by atoms with Crippen LogP contribution in [0.1, 0.15) is 37.3 Å². The number of nitrogens with zero attached hydrogens (tertiary/aromatic N) is 2. The van der Waals surface area contributed by atoms with Crippen LogP contribution in [0.2, 0.25) is 0 Å². The lowest BCUT2D eigenvalue weighted by atomic mass is 10.0. The molecule has 1 fully saturated rings. The Morgan fingerprint density at radius 2 is 1.55 bits per heavy atom. The number of aliphatic carboxylic acids is 1. The molecule has 0 bridgehead atoms. The molecule has 0 radical (unpaired) electrons. The number of guanidine groups is 1. The molecule has 1 aliphatic rings. The summed E-state index contributed by atoms with van der Waals surface area (Å²) < 4.78 is 38.0. The first-order valence-electron chi connectivity index (χ1n) is 17.4. The van der Waals surface area contributed by atoms with Gasteiger partial charge in [-0.05, 0) is 34.4 Å². The van der Waals surface area contributed by atoms with Gasteiger partial charge < -0.3 is 47.9 Å². The van der Waals surface area contributed by atoms with Crippen LogP contribution in [0.15, 0.2) is 77.8 Å². The number of alkyl halides is 3. The zero-order chi connectivity index (χ0) is 41.4. The Bertz CT molecular complexity index is 1870. The van der Waals surface area contributed by atoms with Gasteiger partial charge in [0.15, 0.2) is 5.96 Å². The molecule has 1 saturated heterocycles. The van der Waals surface area contributed by atoms with E-state index in [2.05, 4.69) is 20.9 Å². The minimum Gasteiger partial charge on any atom is -0.475 e. The van der Waals surface area contributed by atoms with E-state index in [1.54, 1.807) is 0 Å². The van der Waals surface area contributed by atoms with E-state index < -0.39 is 65.9 Å². The fourth-order valence-electron chi connectivity index (χ4n) is 5.76. The maximum absolute atomic E-state index is 14.4. The van der Waals surface area contributed by atoms with Gasteiger partial charge >= 0.3 is 12.1 Å². The molecule has 0 aliphatic carbocycles. The highest BCUT2D eigenvalue weighted by Crippen LogP contribution is 2.25. The topological polar surface area (TPSA) is 262 Å². The largest absolute Gasteiger partial charge is 0.490 e. The predicted molar refractivity (Wildman–Crippen MR) is 198 cm³/mol. The number of benzene rings is 3. The summed E-state index contributed by atoms with van der Waals surface area (Å²) in [6.45, 7) is 1.89. The lowest BCUT2D eigenvalue weighted by molar-refractivity contribution is -0.192. The second-order valence-electron chi connectivity index (χ2n) is 12.8. The van der Waals surface area contributed by atoms with Crippen LogP contribution in [0, 0.1) is 0 Å². The van der Waals surface area contributed by atoms with Crippen molar-refractivity contribution in [2.45, 2.75) is 69.6 Å². The van der Waals surface area contributed by atoms with Crippen molar-refractivity contribution in [3.8, 4) is 0 Å². The van der Waals surface area contributed by atoms with Gasteiger partial charge in [-0.25, -0.2) is 4.79 Å². The van der Waals surface area contributed by atoms with E-state index in [1.165, 1.54) is 11.8 Å². The van der Waals surface area contributed by atoms with E-state index in [-0.39, 0.29) is 57.9 Å². The Morgan fingerprint density at radius 1 is 0.911 bits per heavy atom. The van der Waals surface area contributed by atoms with Crippen LogP contribution < -0.4 is 33.2 Å². The monoisotopic (exact) mass is 786 g/mol. The summed E-state index contributed by atoms with van der Waals surface area (Å²) in [7, 11) is 0. The quantitative estimate of drug-likeness (QED) is 0.0612. The van der Waals surface area contributed by atoms with Crippen LogP contribution in [0.25, 0.3) is 10.8 Å². The fraction of sp³-hybridized carbons (Fsp3) is 0.378. The number of hydrogen-bond acceptors (Lipinski definition) is 8. The number of nitrogens with two attached hydrogens (primary N) is 3. The number of likely N-dealkylation sites (tertiary alicyclic amines) is 1. The summed E-state index contributed by atoms with van der Waals surface area (Å²) in [6.07, 6.45) is -5.46. The van der Waals surface area contributed by atoms with Gasteiger partial charge in [0.2, 0.25) is 29.5 Å². The molecule has 1 heterocycles. The zero-order valence-corrected chi connectivity index (χ0v) is 30.5. The van der Waals surface area contributed by atoms with Crippen molar-refractivity contribution in [1.29, 1.82) is 0 Å². The van der Waals surface area contributed by atoms with Crippen molar-refractivity contribution in [3.63, 3.8) is 0 Å². The summed E-state index contributed by atoms with van der Waals surface area (Å²) in [6, 6.07) is 20.0. The second-order valence-corrected chi connectivity index (χ2v) is 12.8. The molecule has 0 spiro atoms. The SMILES string of the molecule is CC(=O)N[C@H](CCC(N)=O)C(=O)N[C@H](Cc1ccccc1)C(=O)N1C[C@H](OCc2ccc3ccccc3c2)C[C@@H]1C(=O)NCCN=C(N)N.O=C(O)C(F)(F)F. The Kier molecular flexibility index (Phi) is 16.6. The first-order valence-corrected chi connectivity index (χ1v) is 17.4. The highest BCUT2D eigenvalue weighted by molar-refractivity contribution is 5.95. The van der Waals surface area contributed by atoms with Crippen LogP contribution >= 0.6 is 0 Å². The van der Waals surface area contributed by atoms with E-state index in [1.807, 2.05) is 72.8 Å². The molecule has 56 heavy (non-hydrogen) atoms. The third-order valence-electron chi connectivity index (χ3n) is 8.37. The molecule has 5 amide bonds. The molecule has 4 rings (SSSR count). The van der Waals surface area contributed by atoms with Gasteiger partial charge in [-0.1, -0.05) is 66.7 Å². The third kappa shape index (κ3) is 14.5. The molecule has 4 atom stereocenters. The van der Waals surface area contributed by atoms with E-state index in [0.29, 0.717) is 0 Å². The summed E-state index contributed by atoms with van der Waals surface area (Å²) in [5.41, 5.74) is 17.8. The molecule has 16 nitrogen and oxygen atoms in total. The molecule has 0 aromatic heterocycles. The van der Waals surface area contributed by atoms with Crippen LogP contribution in [-0.4, -0.2) is 102 Å². The fourth-order valence-corrected chi connectivity index (χ4v) is 5.76. The second kappa shape index (κ2) is 21.0. The molecule has 10 N–H and O–H groups in total. The molecule has 3 aromatic carbocycles. The molecule has 0 saturated carbocycles. The number of fused-ring (bicyclic) bond motifs is 1. The Hall–Kier alpha value is -6.24. The van der Waals surface area contributed by atoms with Crippen LogP contribution in [0.3, 0.4) is 0 Å². The Morgan fingerprint density at radius 3 is 2.16 bits per heavy atom. The van der Waals surface area contributed by atoms with E-state index in [4.69, 9.17) is 31.8 Å². The van der Waals surface area contributed by atoms with Crippen molar-refractivity contribution in [2.24, 2.45) is 22.2 Å². The molecule has 19 heteroatoms. The number of carbonyl (C=O) groups excluding carboxylic acids is 5. The van der Waals surface area contributed by atoms with Gasteiger partial charge in [0.1, 0.15) is 18.1 Å². The average molecular weight is 787 g/mol. The maximum atomic E-state index is 14.4. The van der Waals surface area contributed by atoms with Crippen LogP contribution in [0.5, 0.6) is 0 Å². The summed E-state index contributed by atoms with van der Waals surface area (Å²) in [5, 5.41) is 17.4. The van der Waals surface area contributed by atoms with Gasteiger partial charge in [-0.3, -0.25) is 29.0 Å². The highest BCUT2D eigenvalue weighted by atomic mass is 19.4. The predicted octanol–water partition coefficient (Wildman–Crippen LogP) is 0.847. The summed E-state index contributed by atoms with van der Waals surface area (Å²) >= 11 is 0. The van der Waals surface area contributed by atoms with Gasteiger partial charge in [0.05, 0.1) is 19.3 Å². The number of primary amides is 1. The number of ether oxygens (including phenoxy) is 1.